The quantitative estimate of drug-likeness (QED) is 0.158. The summed E-state index contributed by atoms with van der Waals surface area (Å²) in [6, 6.07) is 0. The number of phosphoric ester groups is 2. The van der Waals surface area contributed by atoms with Crippen LogP contribution in [0.25, 0.3) is 0 Å². The minimum atomic E-state index is -5.40. The zero-order valence-electron chi connectivity index (χ0n) is 18.1. The van der Waals surface area contributed by atoms with Gasteiger partial charge in [-0.15, -0.1) is 0 Å². The van der Waals surface area contributed by atoms with E-state index in [0.717, 1.165) is 4.57 Å². The number of aromatic amines is 1. The summed E-state index contributed by atoms with van der Waals surface area (Å²) in [6.07, 6.45) is -8.99. The summed E-state index contributed by atoms with van der Waals surface area (Å²) < 4.78 is 49.0. The molecule has 0 saturated carbocycles. The van der Waals surface area contributed by atoms with E-state index in [1.165, 1.54) is 13.1 Å². The first-order chi connectivity index (χ1) is 16.2. The van der Waals surface area contributed by atoms with Gasteiger partial charge in [-0.1, -0.05) is 0 Å². The summed E-state index contributed by atoms with van der Waals surface area (Å²) in [7, 11) is -10.7. The summed E-state index contributed by atoms with van der Waals surface area (Å²) in [4.78, 5) is 45.2. The van der Waals surface area contributed by atoms with Crippen molar-refractivity contribution in [3.8, 4) is 0 Å². The van der Waals surface area contributed by atoms with Gasteiger partial charge >= 0.3 is 21.3 Å². The Hall–Kier alpha value is -1.30. The molecule has 0 bridgehead atoms. The lowest BCUT2D eigenvalue weighted by Gasteiger charge is -2.36. The molecule has 200 valence electrons. The molecule has 2 aliphatic heterocycles. The maximum absolute atomic E-state index is 12.2. The van der Waals surface area contributed by atoms with Crippen LogP contribution in [0, 0.1) is 6.92 Å². The van der Waals surface area contributed by atoms with Crippen LogP contribution < -0.4 is 11.2 Å². The molecule has 35 heavy (non-hydrogen) atoms. The second-order valence-electron chi connectivity index (χ2n) is 7.93. The van der Waals surface area contributed by atoms with E-state index in [-0.39, 0.29) is 18.4 Å². The first-order valence-corrected chi connectivity index (χ1v) is 13.2. The van der Waals surface area contributed by atoms with Crippen molar-refractivity contribution in [2.45, 2.75) is 62.8 Å². The molecule has 1 aromatic heterocycles. The van der Waals surface area contributed by atoms with Crippen molar-refractivity contribution in [2.24, 2.45) is 0 Å². The summed E-state index contributed by atoms with van der Waals surface area (Å²) in [5, 5.41) is 38.7. The van der Waals surface area contributed by atoms with Crippen molar-refractivity contribution >= 4 is 15.6 Å². The van der Waals surface area contributed by atoms with Crippen LogP contribution in [-0.4, -0.2) is 89.8 Å². The second-order valence-corrected chi connectivity index (χ2v) is 10.9. The maximum atomic E-state index is 12.2. The Morgan fingerprint density at radius 3 is 2.37 bits per heavy atom. The molecule has 7 N–H and O–H groups in total. The predicted octanol–water partition coefficient (Wildman–Crippen LogP) is -2.43. The molecule has 0 amide bonds. The zero-order valence-corrected chi connectivity index (χ0v) is 19.9. The van der Waals surface area contributed by atoms with E-state index < -0.39 is 83.1 Å². The van der Waals surface area contributed by atoms with Crippen LogP contribution in [0.2, 0.25) is 0 Å². The molecule has 2 saturated heterocycles. The Morgan fingerprint density at radius 2 is 1.71 bits per heavy atom. The fourth-order valence-electron chi connectivity index (χ4n) is 3.43. The fraction of sp³-hybridized carbons (Fsp3) is 0.750. The van der Waals surface area contributed by atoms with Gasteiger partial charge in [-0.3, -0.25) is 23.4 Å². The normalized spacial score (nSPS) is 34.9. The molecule has 2 unspecified atom stereocenters. The molecule has 3 heterocycles. The molecule has 3 rings (SSSR count). The standard InChI is InChI=1S/C16H26N2O15P2/c1-7-4-18(16(24)17-14(7)23)13-3-9(21)12(30-13)6-29-34(25,26)33-35(27,28)32-15-10(22)2-8(20)11(5-19)31-15/h4,8-13,15,19-22H,2-3,5-6H2,1H3,(H,25,26)(H,27,28)(H,17,23,24)/t8-,9-,10+,11+,12+,13+,15+/m0/s1. The Morgan fingerprint density at radius 1 is 1.06 bits per heavy atom. The van der Waals surface area contributed by atoms with E-state index in [2.05, 4.69) is 18.3 Å². The molecule has 9 atom stereocenters. The highest BCUT2D eigenvalue weighted by atomic mass is 31.3. The lowest BCUT2D eigenvalue weighted by Crippen LogP contribution is -2.49. The largest absolute Gasteiger partial charge is 0.483 e. The number of ether oxygens (including phenoxy) is 2. The lowest BCUT2D eigenvalue weighted by molar-refractivity contribution is -0.244. The van der Waals surface area contributed by atoms with Gasteiger partial charge < -0.3 is 39.7 Å². The molecule has 0 aliphatic carbocycles. The number of aliphatic hydroxyl groups is 4. The van der Waals surface area contributed by atoms with Gasteiger partial charge in [0, 0.05) is 24.6 Å². The van der Waals surface area contributed by atoms with Crippen LogP contribution in [0.4, 0.5) is 0 Å². The van der Waals surface area contributed by atoms with Crippen molar-refractivity contribution in [1.29, 1.82) is 0 Å². The molecule has 19 heteroatoms. The molecular weight excluding hydrogens is 522 g/mol. The predicted molar refractivity (Wildman–Crippen MR) is 111 cm³/mol. The molecule has 0 radical (unpaired) electrons. The van der Waals surface area contributed by atoms with E-state index in [1.54, 1.807) is 0 Å². The van der Waals surface area contributed by atoms with E-state index in [0.29, 0.717) is 0 Å². The average Bonchev–Trinajstić information content (AvgIpc) is 3.10. The number of aryl methyl sites for hydroxylation is 1. The van der Waals surface area contributed by atoms with Crippen molar-refractivity contribution in [3.63, 3.8) is 0 Å². The van der Waals surface area contributed by atoms with Crippen LogP contribution in [-0.2, 0) is 32.0 Å². The van der Waals surface area contributed by atoms with Crippen LogP contribution in [0.3, 0.4) is 0 Å². The van der Waals surface area contributed by atoms with Crippen molar-refractivity contribution < 1.29 is 62.2 Å². The second kappa shape index (κ2) is 11.0. The molecule has 1 aromatic rings. The van der Waals surface area contributed by atoms with Crippen molar-refractivity contribution in [1.82, 2.24) is 9.55 Å². The Kier molecular flexibility index (Phi) is 8.87. The number of rotatable bonds is 9. The molecule has 2 fully saturated rings. The molecule has 17 nitrogen and oxygen atoms in total. The third kappa shape index (κ3) is 7.14. The first kappa shape index (κ1) is 28.3. The van der Waals surface area contributed by atoms with E-state index in [4.69, 9.17) is 14.6 Å². The van der Waals surface area contributed by atoms with Crippen LogP contribution in [0.5, 0.6) is 0 Å². The minimum Gasteiger partial charge on any atom is -0.394 e. The monoisotopic (exact) mass is 548 g/mol. The number of nitrogens with one attached hydrogen (secondary N) is 1. The molecular formula is C16H26N2O15P2. The van der Waals surface area contributed by atoms with Gasteiger partial charge in [0.15, 0.2) is 6.29 Å². The average molecular weight is 548 g/mol. The first-order valence-electron chi connectivity index (χ1n) is 10.2. The number of H-pyrrole nitrogens is 1. The number of hydrogen-bond donors (Lipinski definition) is 7. The Bertz CT molecular complexity index is 1110. The van der Waals surface area contributed by atoms with Crippen molar-refractivity contribution in [2.75, 3.05) is 13.2 Å². The highest BCUT2D eigenvalue weighted by molar-refractivity contribution is 7.61. The van der Waals surface area contributed by atoms with Gasteiger partial charge in [-0.05, 0) is 6.92 Å². The lowest BCUT2D eigenvalue weighted by atomic mass is 10.0. The molecule has 2 aliphatic rings. The van der Waals surface area contributed by atoms with Gasteiger partial charge in [0.1, 0.15) is 24.5 Å². The maximum Gasteiger partial charge on any atom is 0.483 e. The summed E-state index contributed by atoms with van der Waals surface area (Å²) >= 11 is 0. The number of aromatic nitrogens is 2. The van der Waals surface area contributed by atoms with Crippen molar-refractivity contribution in [3.05, 3.63) is 32.6 Å². The Labute approximate surface area is 196 Å². The van der Waals surface area contributed by atoms with E-state index in [9.17, 15) is 43.8 Å². The minimum absolute atomic E-state index is 0.146. The van der Waals surface area contributed by atoms with Crippen LogP contribution in [0.1, 0.15) is 24.6 Å². The van der Waals surface area contributed by atoms with E-state index in [1.807, 2.05) is 0 Å². The zero-order chi connectivity index (χ0) is 26.1. The summed E-state index contributed by atoms with van der Waals surface area (Å²) in [5.41, 5.74) is -1.22. The number of hydrogen-bond acceptors (Lipinski definition) is 13. The third-order valence-corrected chi connectivity index (χ3v) is 7.82. The Balaban J connectivity index is 1.58. The van der Waals surface area contributed by atoms with Gasteiger partial charge in [-0.2, -0.15) is 4.31 Å². The van der Waals surface area contributed by atoms with Crippen LogP contribution >= 0.6 is 15.6 Å². The topological polar surface area (TPSA) is 257 Å². The fourth-order valence-corrected chi connectivity index (χ4v) is 5.61. The van der Waals surface area contributed by atoms with Gasteiger partial charge in [0.25, 0.3) is 5.56 Å². The van der Waals surface area contributed by atoms with Crippen LogP contribution in [0.15, 0.2) is 15.8 Å². The van der Waals surface area contributed by atoms with E-state index >= 15 is 0 Å². The number of aliphatic hydroxyl groups excluding tert-OH is 4. The third-order valence-electron chi connectivity index (χ3n) is 5.22. The summed E-state index contributed by atoms with van der Waals surface area (Å²) in [6.45, 7) is -0.0793. The SMILES string of the molecule is Cc1cn([C@H]2C[C@H](O)[C@@H](COP(=O)(O)OP(=O)(O)O[C@H]3O[C@H](CO)[C@@H](O)C[C@H]3O)O2)c(=O)[nH]c1=O. The molecule has 0 aromatic carbocycles. The smallest absolute Gasteiger partial charge is 0.394 e. The van der Waals surface area contributed by atoms with Gasteiger partial charge in [-0.25, -0.2) is 13.9 Å². The van der Waals surface area contributed by atoms with Gasteiger partial charge in [0.2, 0.25) is 0 Å². The number of nitrogens with zero attached hydrogens (tertiary/aromatic N) is 1. The van der Waals surface area contributed by atoms with Gasteiger partial charge in [0.05, 0.1) is 25.4 Å². The highest BCUT2D eigenvalue weighted by Gasteiger charge is 2.45. The molecule has 0 spiro atoms. The highest BCUT2D eigenvalue weighted by Crippen LogP contribution is 2.61. The number of phosphoric acid groups is 2. The summed E-state index contributed by atoms with van der Waals surface area (Å²) in [5.74, 6) is 0.